The standard InChI is InChI=1S/C17H30N4O2S/c1-5-24(22,23)21-13-9-12-19-16(18-4)20-14-17(2,3)15-10-7-6-8-11-15/h6-8,10-11,21H,5,9,12-14H2,1-4H3,(H2,18,19,20). The number of nitrogens with one attached hydrogen (secondary N) is 3. The smallest absolute Gasteiger partial charge is 0.211 e. The summed E-state index contributed by atoms with van der Waals surface area (Å²) < 4.78 is 25.2. The molecule has 0 aliphatic rings. The first-order valence-electron chi connectivity index (χ1n) is 8.28. The average molecular weight is 355 g/mol. The zero-order chi connectivity index (χ0) is 18.1. The minimum Gasteiger partial charge on any atom is -0.356 e. The van der Waals surface area contributed by atoms with Crippen molar-refractivity contribution < 1.29 is 8.42 Å². The number of aliphatic imine (C=N–C) groups is 1. The molecule has 0 amide bonds. The average Bonchev–Trinajstić information content (AvgIpc) is 2.58. The van der Waals surface area contributed by atoms with Gasteiger partial charge in [0.2, 0.25) is 10.0 Å². The Morgan fingerprint density at radius 1 is 1.12 bits per heavy atom. The predicted molar refractivity (Wildman–Crippen MR) is 101 cm³/mol. The van der Waals surface area contributed by atoms with Crippen LogP contribution in [0.4, 0.5) is 0 Å². The normalized spacial score (nSPS) is 12.9. The van der Waals surface area contributed by atoms with Gasteiger partial charge >= 0.3 is 0 Å². The lowest BCUT2D eigenvalue weighted by Gasteiger charge is -2.26. The molecule has 0 atom stereocenters. The molecule has 0 spiro atoms. The summed E-state index contributed by atoms with van der Waals surface area (Å²) in [4.78, 5) is 4.20. The van der Waals surface area contributed by atoms with E-state index < -0.39 is 10.0 Å². The molecule has 6 nitrogen and oxygen atoms in total. The SMILES string of the molecule is CCS(=O)(=O)NCCCNC(=NC)NCC(C)(C)c1ccccc1. The van der Waals surface area contributed by atoms with Gasteiger partial charge in [-0.15, -0.1) is 0 Å². The summed E-state index contributed by atoms with van der Waals surface area (Å²) in [6, 6.07) is 10.3. The van der Waals surface area contributed by atoms with E-state index in [-0.39, 0.29) is 11.2 Å². The molecule has 0 saturated carbocycles. The van der Waals surface area contributed by atoms with Crippen molar-refractivity contribution in [3.63, 3.8) is 0 Å². The number of guanidine groups is 1. The molecule has 7 heteroatoms. The Kier molecular flexibility index (Phi) is 8.21. The first-order valence-corrected chi connectivity index (χ1v) is 9.93. The van der Waals surface area contributed by atoms with Gasteiger partial charge in [0.25, 0.3) is 0 Å². The van der Waals surface area contributed by atoms with Crippen LogP contribution in [0.15, 0.2) is 35.3 Å². The van der Waals surface area contributed by atoms with Crippen LogP contribution >= 0.6 is 0 Å². The summed E-state index contributed by atoms with van der Waals surface area (Å²) in [7, 11) is -1.38. The first kappa shape index (κ1) is 20.4. The highest BCUT2D eigenvalue weighted by Crippen LogP contribution is 2.21. The van der Waals surface area contributed by atoms with Gasteiger partial charge < -0.3 is 10.6 Å². The van der Waals surface area contributed by atoms with Gasteiger partial charge in [0.1, 0.15) is 0 Å². The van der Waals surface area contributed by atoms with Gasteiger partial charge in [-0.05, 0) is 18.9 Å². The number of rotatable bonds is 9. The van der Waals surface area contributed by atoms with Crippen molar-refractivity contribution in [1.82, 2.24) is 15.4 Å². The van der Waals surface area contributed by atoms with E-state index in [1.807, 2.05) is 18.2 Å². The van der Waals surface area contributed by atoms with Crippen molar-refractivity contribution in [2.24, 2.45) is 4.99 Å². The van der Waals surface area contributed by atoms with Crippen molar-refractivity contribution in [1.29, 1.82) is 0 Å². The molecule has 24 heavy (non-hydrogen) atoms. The van der Waals surface area contributed by atoms with E-state index in [2.05, 4.69) is 46.3 Å². The molecular weight excluding hydrogens is 324 g/mol. The number of sulfonamides is 1. The van der Waals surface area contributed by atoms with Crippen molar-refractivity contribution in [3.8, 4) is 0 Å². The molecule has 0 aliphatic carbocycles. The van der Waals surface area contributed by atoms with Crippen molar-refractivity contribution in [3.05, 3.63) is 35.9 Å². The third-order valence-electron chi connectivity index (χ3n) is 3.82. The molecule has 0 unspecified atom stereocenters. The van der Waals surface area contributed by atoms with E-state index in [1.54, 1.807) is 14.0 Å². The first-order chi connectivity index (χ1) is 11.3. The highest BCUT2D eigenvalue weighted by atomic mass is 32.2. The Balaban J connectivity index is 2.35. The van der Waals surface area contributed by atoms with Crippen molar-refractivity contribution in [2.75, 3.05) is 32.4 Å². The van der Waals surface area contributed by atoms with E-state index >= 15 is 0 Å². The summed E-state index contributed by atoms with van der Waals surface area (Å²) in [5.74, 6) is 0.829. The fourth-order valence-electron chi connectivity index (χ4n) is 2.14. The predicted octanol–water partition coefficient (Wildman–Crippen LogP) is 1.46. The lowest BCUT2D eigenvalue weighted by Crippen LogP contribution is -2.44. The minimum atomic E-state index is -3.11. The number of hydrogen-bond donors (Lipinski definition) is 3. The molecule has 0 aliphatic heterocycles. The minimum absolute atomic E-state index is 0.0182. The lowest BCUT2D eigenvalue weighted by molar-refractivity contribution is 0.508. The van der Waals surface area contributed by atoms with Gasteiger partial charge in [-0.2, -0.15) is 0 Å². The van der Waals surface area contributed by atoms with Crippen LogP contribution in [0.1, 0.15) is 32.8 Å². The molecule has 0 fully saturated rings. The fraction of sp³-hybridized carbons (Fsp3) is 0.588. The zero-order valence-electron chi connectivity index (χ0n) is 15.1. The second-order valence-corrected chi connectivity index (χ2v) is 8.35. The molecule has 0 radical (unpaired) electrons. The van der Waals surface area contributed by atoms with E-state index in [9.17, 15) is 8.42 Å². The van der Waals surface area contributed by atoms with E-state index in [4.69, 9.17) is 0 Å². The second kappa shape index (κ2) is 9.64. The van der Waals surface area contributed by atoms with Gasteiger partial charge in [0, 0.05) is 32.1 Å². The maximum Gasteiger partial charge on any atom is 0.211 e. The summed E-state index contributed by atoms with van der Waals surface area (Å²) >= 11 is 0. The summed E-state index contributed by atoms with van der Waals surface area (Å²) in [5.41, 5.74) is 1.25. The second-order valence-electron chi connectivity index (χ2n) is 6.25. The van der Waals surface area contributed by atoms with Gasteiger partial charge in [-0.3, -0.25) is 4.99 Å². The van der Waals surface area contributed by atoms with Crippen molar-refractivity contribution in [2.45, 2.75) is 32.6 Å². The van der Waals surface area contributed by atoms with E-state index in [1.165, 1.54) is 5.56 Å². The molecule has 0 aromatic heterocycles. The van der Waals surface area contributed by atoms with Gasteiger partial charge in [-0.1, -0.05) is 44.2 Å². The summed E-state index contributed by atoms with van der Waals surface area (Å²) in [5, 5.41) is 6.53. The Morgan fingerprint density at radius 2 is 1.79 bits per heavy atom. The van der Waals surface area contributed by atoms with Crippen LogP contribution in [0.25, 0.3) is 0 Å². The fourth-order valence-corrected chi connectivity index (χ4v) is 2.80. The van der Waals surface area contributed by atoms with Gasteiger partial charge in [0.05, 0.1) is 5.75 Å². The summed E-state index contributed by atoms with van der Waals surface area (Å²) in [6.07, 6.45) is 0.696. The van der Waals surface area contributed by atoms with Crippen LogP contribution in [0, 0.1) is 0 Å². The summed E-state index contributed by atoms with van der Waals surface area (Å²) in [6.45, 7) is 7.82. The Bertz CT molecular complexity index is 613. The van der Waals surface area contributed by atoms with E-state index in [0.717, 1.165) is 12.5 Å². The highest BCUT2D eigenvalue weighted by Gasteiger charge is 2.20. The Labute approximate surface area is 146 Å². The quantitative estimate of drug-likeness (QED) is 0.356. The molecule has 0 bridgehead atoms. The van der Waals surface area contributed by atoms with Crippen LogP contribution in [-0.2, 0) is 15.4 Å². The lowest BCUT2D eigenvalue weighted by atomic mass is 9.85. The number of benzene rings is 1. The number of nitrogens with zero attached hydrogens (tertiary/aromatic N) is 1. The Morgan fingerprint density at radius 3 is 2.38 bits per heavy atom. The van der Waals surface area contributed by atoms with E-state index in [0.29, 0.717) is 19.5 Å². The third-order valence-corrected chi connectivity index (χ3v) is 5.23. The molecule has 1 aromatic carbocycles. The topological polar surface area (TPSA) is 82.6 Å². The molecule has 136 valence electrons. The molecular formula is C17H30N4O2S. The van der Waals surface area contributed by atoms with Crippen LogP contribution in [0.3, 0.4) is 0 Å². The van der Waals surface area contributed by atoms with Gasteiger partial charge in [-0.25, -0.2) is 13.1 Å². The van der Waals surface area contributed by atoms with Crippen LogP contribution in [0.2, 0.25) is 0 Å². The Hall–Kier alpha value is -1.60. The van der Waals surface area contributed by atoms with Gasteiger partial charge in [0.15, 0.2) is 5.96 Å². The van der Waals surface area contributed by atoms with Crippen LogP contribution in [-0.4, -0.2) is 46.8 Å². The molecule has 0 heterocycles. The molecule has 1 aromatic rings. The van der Waals surface area contributed by atoms with Crippen LogP contribution < -0.4 is 15.4 Å². The highest BCUT2D eigenvalue weighted by molar-refractivity contribution is 7.89. The number of hydrogen-bond acceptors (Lipinski definition) is 3. The molecule has 0 saturated heterocycles. The van der Waals surface area contributed by atoms with Crippen molar-refractivity contribution >= 4 is 16.0 Å². The zero-order valence-corrected chi connectivity index (χ0v) is 15.9. The molecule has 1 rings (SSSR count). The maximum absolute atomic E-state index is 11.3. The maximum atomic E-state index is 11.3. The largest absolute Gasteiger partial charge is 0.356 e. The molecule has 3 N–H and O–H groups in total. The van der Waals surface area contributed by atoms with Crippen LogP contribution in [0.5, 0.6) is 0 Å². The monoisotopic (exact) mass is 354 g/mol. The third kappa shape index (κ3) is 7.31.